The maximum atomic E-state index is 7.00. The predicted octanol–water partition coefficient (Wildman–Crippen LogP) is 0.766. The van der Waals surface area contributed by atoms with Crippen molar-refractivity contribution >= 4 is 11.5 Å². The van der Waals surface area contributed by atoms with Crippen molar-refractivity contribution in [3.63, 3.8) is 0 Å². The molecule has 102 valence electrons. The summed E-state index contributed by atoms with van der Waals surface area (Å²) in [6.07, 6.45) is 0. The van der Waals surface area contributed by atoms with Gasteiger partial charge >= 0.3 is 0 Å². The van der Waals surface area contributed by atoms with Crippen LogP contribution in [0.25, 0.3) is 11.4 Å². The lowest BCUT2D eigenvalue weighted by Crippen LogP contribution is -2.03. The van der Waals surface area contributed by atoms with Gasteiger partial charge in [0.05, 0.1) is 5.69 Å². The van der Waals surface area contributed by atoms with Gasteiger partial charge in [-0.1, -0.05) is 0 Å². The third-order valence-corrected chi connectivity index (χ3v) is 2.89. The molecule has 0 radical (unpaired) electrons. The van der Waals surface area contributed by atoms with Crippen LogP contribution in [0, 0.1) is 0 Å². The van der Waals surface area contributed by atoms with E-state index in [1.54, 1.807) is 0 Å². The summed E-state index contributed by atoms with van der Waals surface area (Å²) >= 11 is 0. The first kappa shape index (κ1) is 13.3. The highest BCUT2D eigenvalue weighted by atomic mass is 16.2. The molecule has 0 atom stereocenters. The fourth-order valence-corrected chi connectivity index (χ4v) is 1.96. The average Bonchev–Trinajstić information content (AvgIpc) is 2.91. The van der Waals surface area contributed by atoms with Gasteiger partial charge in [-0.25, -0.2) is 9.97 Å². The van der Waals surface area contributed by atoms with Gasteiger partial charge in [-0.3, -0.25) is 0 Å². The molecule has 0 spiro atoms. The van der Waals surface area contributed by atoms with Crippen LogP contribution in [-0.2, 0) is 13.1 Å². The predicted molar refractivity (Wildman–Crippen MR) is 77.1 cm³/mol. The lowest BCUT2D eigenvalue weighted by molar-refractivity contribution is 0.399. The molecule has 0 saturated carbocycles. The van der Waals surface area contributed by atoms with Crippen molar-refractivity contribution in [2.45, 2.75) is 13.1 Å². The zero-order valence-electron chi connectivity index (χ0n) is 10.7. The van der Waals surface area contributed by atoms with E-state index in [2.05, 4.69) is 15.3 Å². The highest BCUT2D eigenvalue weighted by Gasteiger charge is 2.17. The van der Waals surface area contributed by atoms with E-state index >= 15 is 0 Å². The highest BCUT2D eigenvalue weighted by Crippen LogP contribution is 2.24. The molecule has 2 aromatic rings. The molecular weight excluding hydrogens is 242 g/mol. The lowest BCUT2D eigenvalue weighted by Gasteiger charge is -2.06. The van der Waals surface area contributed by atoms with Gasteiger partial charge in [0, 0.05) is 38.4 Å². The van der Waals surface area contributed by atoms with Gasteiger partial charge in [0.25, 0.3) is 0 Å². The van der Waals surface area contributed by atoms with Crippen LogP contribution in [0.3, 0.4) is 0 Å². The number of aromatic nitrogens is 2. The number of anilines is 2. The van der Waals surface area contributed by atoms with Crippen LogP contribution in [0.5, 0.6) is 0 Å². The van der Waals surface area contributed by atoms with Gasteiger partial charge in [-0.05, 0) is 24.3 Å². The van der Waals surface area contributed by atoms with Crippen LogP contribution in [-0.4, -0.2) is 22.2 Å². The number of nitrogens with zero attached hydrogens (tertiary/aromatic N) is 2. The average molecular weight is 261 g/mol. The van der Waals surface area contributed by atoms with Gasteiger partial charge < -0.3 is 21.9 Å². The minimum atomic E-state index is 0. The number of hydrogen-bond donors (Lipinski definition) is 4. The molecular formula is C13H19N5O. The topological polar surface area (TPSA) is 110 Å². The van der Waals surface area contributed by atoms with Crippen molar-refractivity contribution in [1.29, 1.82) is 0 Å². The van der Waals surface area contributed by atoms with E-state index in [9.17, 15) is 0 Å². The number of benzene rings is 1. The Hall–Kier alpha value is -2.18. The van der Waals surface area contributed by atoms with Crippen LogP contribution in [0.15, 0.2) is 24.3 Å². The molecule has 0 unspecified atom stereocenters. The molecule has 0 fully saturated rings. The Morgan fingerprint density at radius 2 is 1.79 bits per heavy atom. The normalized spacial score (nSPS) is 12.5. The zero-order chi connectivity index (χ0) is 13.8. The maximum Gasteiger partial charge on any atom is 0.161 e. The first-order valence-electron chi connectivity index (χ1n) is 5.90. The lowest BCUT2D eigenvalue weighted by atomic mass is 10.1. The molecule has 0 bridgehead atoms. The summed E-state index contributed by atoms with van der Waals surface area (Å²) in [5.74, 6) is 1.22. The number of nitrogen functional groups attached to an aromatic ring is 2. The number of fused-ring (bicyclic) bond motifs is 1. The number of aliphatic hydroxyl groups is 1. The third kappa shape index (κ3) is 2.64. The number of nitrogens with one attached hydrogen (secondary N) is 1. The minimum absolute atomic E-state index is 0. The zero-order valence-corrected chi connectivity index (χ0v) is 10.7. The summed E-state index contributed by atoms with van der Waals surface area (Å²) in [6.45, 7) is 1.51. The summed E-state index contributed by atoms with van der Waals surface area (Å²) in [6, 6.07) is 7.47. The summed E-state index contributed by atoms with van der Waals surface area (Å²) < 4.78 is 0. The summed E-state index contributed by atoms with van der Waals surface area (Å²) in [7, 11) is 1.00. The fourth-order valence-electron chi connectivity index (χ4n) is 1.96. The van der Waals surface area contributed by atoms with E-state index in [0.717, 1.165) is 42.7 Å². The first-order chi connectivity index (χ1) is 9.24. The Balaban J connectivity index is 0.000000639. The molecule has 6 N–H and O–H groups in total. The Kier molecular flexibility index (Phi) is 3.94. The van der Waals surface area contributed by atoms with Gasteiger partial charge in [-0.2, -0.15) is 0 Å². The van der Waals surface area contributed by atoms with Crippen molar-refractivity contribution in [2.75, 3.05) is 18.6 Å². The quantitative estimate of drug-likeness (QED) is 0.564. The molecule has 19 heavy (non-hydrogen) atoms. The Morgan fingerprint density at radius 1 is 1.11 bits per heavy atom. The standard InChI is InChI=1S/C12H13N5.CH4O.H2/c13-8-3-1-7(2-4-8)12-16-10-6-15-5-9(10)11(14)17-12;1-2;/h1-4,15H,5-6,13H2,(H2,14,16,17);2H,1H3;1H. The van der Waals surface area contributed by atoms with Gasteiger partial charge in [0.2, 0.25) is 0 Å². The summed E-state index contributed by atoms with van der Waals surface area (Å²) in [5.41, 5.74) is 15.2. The second kappa shape index (κ2) is 5.64. The third-order valence-electron chi connectivity index (χ3n) is 2.89. The molecule has 1 aliphatic heterocycles. The Labute approximate surface area is 113 Å². The molecule has 2 heterocycles. The van der Waals surface area contributed by atoms with Gasteiger partial charge in [0.15, 0.2) is 5.82 Å². The number of aliphatic hydroxyl groups excluding tert-OH is 1. The SMILES string of the molecule is CO.Nc1ccc(-c2nc(N)c3c(n2)CNC3)cc1.[HH]. The largest absolute Gasteiger partial charge is 0.400 e. The smallest absolute Gasteiger partial charge is 0.161 e. The fraction of sp³-hybridized carbons (Fsp3) is 0.231. The van der Waals surface area contributed by atoms with E-state index in [1.165, 1.54) is 0 Å². The number of rotatable bonds is 1. The van der Waals surface area contributed by atoms with Crippen molar-refractivity contribution in [2.24, 2.45) is 0 Å². The van der Waals surface area contributed by atoms with Crippen LogP contribution >= 0.6 is 0 Å². The van der Waals surface area contributed by atoms with Crippen LogP contribution in [0.2, 0.25) is 0 Å². The molecule has 0 amide bonds. The van der Waals surface area contributed by atoms with Crippen LogP contribution in [0.4, 0.5) is 11.5 Å². The molecule has 0 saturated heterocycles. The molecule has 1 aliphatic rings. The van der Waals surface area contributed by atoms with Crippen molar-refractivity contribution in [3.05, 3.63) is 35.5 Å². The van der Waals surface area contributed by atoms with Crippen LogP contribution < -0.4 is 16.8 Å². The Morgan fingerprint density at radius 3 is 2.47 bits per heavy atom. The second-order valence-electron chi connectivity index (χ2n) is 4.08. The first-order valence-corrected chi connectivity index (χ1v) is 5.90. The van der Waals surface area contributed by atoms with E-state index < -0.39 is 0 Å². The maximum absolute atomic E-state index is 7.00. The van der Waals surface area contributed by atoms with Crippen molar-refractivity contribution in [3.8, 4) is 11.4 Å². The van der Waals surface area contributed by atoms with Crippen molar-refractivity contribution < 1.29 is 6.53 Å². The monoisotopic (exact) mass is 261 g/mol. The van der Waals surface area contributed by atoms with E-state index in [1.807, 2.05) is 24.3 Å². The summed E-state index contributed by atoms with van der Waals surface area (Å²) in [4.78, 5) is 8.85. The van der Waals surface area contributed by atoms with Gasteiger partial charge in [-0.15, -0.1) is 0 Å². The Bertz CT molecular complexity index is 574. The second-order valence-corrected chi connectivity index (χ2v) is 4.08. The summed E-state index contributed by atoms with van der Waals surface area (Å²) in [5, 5.41) is 10.2. The molecule has 1 aromatic heterocycles. The van der Waals surface area contributed by atoms with E-state index in [4.69, 9.17) is 16.6 Å². The van der Waals surface area contributed by atoms with E-state index in [0.29, 0.717) is 11.6 Å². The molecule has 3 rings (SSSR count). The number of nitrogens with two attached hydrogens (primary N) is 2. The molecule has 6 heteroatoms. The van der Waals surface area contributed by atoms with Crippen molar-refractivity contribution in [1.82, 2.24) is 15.3 Å². The van der Waals surface area contributed by atoms with E-state index in [-0.39, 0.29) is 1.43 Å². The van der Waals surface area contributed by atoms with Gasteiger partial charge in [0.1, 0.15) is 5.82 Å². The molecule has 1 aromatic carbocycles. The molecule has 6 nitrogen and oxygen atoms in total. The highest BCUT2D eigenvalue weighted by molar-refractivity contribution is 5.61. The van der Waals surface area contributed by atoms with Crippen LogP contribution in [0.1, 0.15) is 12.7 Å². The number of hydrogen-bond acceptors (Lipinski definition) is 6. The molecule has 0 aliphatic carbocycles. The minimum Gasteiger partial charge on any atom is -0.400 e.